The minimum atomic E-state index is -4.82. The first kappa shape index (κ1) is 20.0. The number of hydrogen-bond donors (Lipinski definition) is 1. The van der Waals surface area contributed by atoms with Gasteiger partial charge in [0.25, 0.3) is 0 Å². The smallest absolute Gasteiger partial charge is 0.406 e. The van der Waals surface area contributed by atoms with Gasteiger partial charge in [-0.1, -0.05) is 0 Å². The molecule has 0 saturated carbocycles. The molecule has 1 aromatic rings. The molecular weight excluding hydrogens is 363 g/mol. The van der Waals surface area contributed by atoms with E-state index in [2.05, 4.69) is 9.46 Å². The molecular formula is C15H20F3NO5S. The molecule has 0 spiro atoms. The minimum Gasteiger partial charge on any atom is -0.406 e. The second-order valence-electron chi connectivity index (χ2n) is 5.48. The Labute approximate surface area is 144 Å². The molecule has 1 aromatic carbocycles. The van der Waals surface area contributed by atoms with Crippen LogP contribution in [0.25, 0.3) is 0 Å². The second-order valence-corrected chi connectivity index (χ2v) is 7.25. The first-order chi connectivity index (χ1) is 11.8. The van der Waals surface area contributed by atoms with Crippen LogP contribution in [0.3, 0.4) is 0 Å². The molecule has 1 aliphatic rings. The Balaban J connectivity index is 1.71. The van der Waals surface area contributed by atoms with Gasteiger partial charge in [-0.3, -0.25) is 0 Å². The Morgan fingerprint density at radius 1 is 1.24 bits per heavy atom. The molecule has 0 bridgehead atoms. The number of hydrogen-bond acceptors (Lipinski definition) is 5. The summed E-state index contributed by atoms with van der Waals surface area (Å²) < 4.78 is 77.2. The van der Waals surface area contributed by atoms with Crippen molar-refractivity contribution < 1.29 is 35.8 Å². The Morgan fingerprint density at radius 2 is 1.96 bits per heavy atom. The highest BCUT2D eigenvalue weighted by Crippen LogP contribution is 2.23. The Bertz CT molecular complexity index is 628. The lowest BCUT2D eigenvalue weighted by molar-refractivity contribution is -0.274. The van der Waals surface area contributed by atoms with E-state index in [-0.39, 0.29) is 17.5 Å². The largest absolute Gasteiger partial charge is 0.573 e. The van der Waals surface area contributed by atoms with Crippen LogP contribution in [0.5, 0.6) is 5.75 Å². The topological polar surface area (TPSA) is 73.9 Å². The van der Waals surface area contributed by atoms with E-state index in [9.17, 15) is 21.6 Å². The lowest BCUT2D eigenvalue weighted by Crippen LogP contribution is -2.26. The first-order valence-corrected chi connectivity index (χ1v) is 9.29. The van der Waals surface area contributed by atoms with Crippen molar-refractivity contribution in [3.63, 3.8) is 0 Å². The third-order valence-electron chi connectivity index (χ3n) is 3.45. The van der Waals surface area contributed by atoms with E-state index in [4.69, 9.17) is 9.47 Å². The lowest BCUT2D eigenvalue weighted by atomic mass is 10.2. The molecule has 1 atom stereocenters. The van der Waals surface area contributed by atoms with E-state index in [1.807, 2.05) is 0 Å². The van der Waals surface area contributed by atoms with Gasteiger partial charge >= 0.3 is 6.36 Å². The highest BCUT2D eigenvalue weighted by atomic mass is 32.2. The zero-order valence-electron chi connectivity index (χ0n) is 13.4. The molecule has 1 unspecified atom stereocenters. The van der Waals surface area contributed by atoms with Crippen LogP contribution >= 0.6 is 0 Å². The van der Waals surface area contributed by atoms with Crippen molar-refractivity contribution in [1.29, 1.82) is 0 Å². The lowest BCUT2D eigenvalue weighted by Gasteiger charge is -2.11. The maximum absolute atomic E-state index is 12.1. The third kappa shape index (κ3) is 7.18. The quantitative estimate of drug-likeness (QED) is 0.663. The number of halogens is 3. The van der Waals surface area contributed by atoms with Crippen LogP contribution in [0, 0.1) is 0 Å². The van der Waals surface area contributed by atoms with E-state index in [0.29, 0.717) is 19.6 Å². The average molecular weight is 383 g/mol. The van der Waals surface area contributed by atoms with Gasteiger partial charge in [-0.25, -0.2) is 13.1 Å². The number of benzene rings is 1. The maximum Gasteiger partial charge on any atom is 0.573 e. The van der Waals surface area contributed by atoms with Gasteiger partial charge in [-0.15, -0.1) is 13.2 Å². The van der Waals surface area contributed by atoms with Gasteiger partial charge in [0.1, 0.15) is 5.75 Å². The van der Waals surface area contributed by atoms with Gasteiger partial charge in [0.2, 0.25) is 10.0 Å². The number of sulfonamides is 1. The molecule has 1 fully saturated rings. The summed E-state index contributed by atoms with van der Waals surface area (Å²) in [6.45, 7) is 1.80. The fourth-order valence-electron chi connectivity index (χ4n) is 2.28. The number of alkyl halides is 3. The van der Waals surface area contributed by atoms with Gasteiger partial charge in [-0.2, -0.15) is 0 Å². The van der Waals surface area contributed by atoms with Crippen molar-refractivity contribution in [2.24, 2.45) is 0 Å². The van der Waals surface area contributed by atoms with Crippen LogP contribution in [0.1, 0.15) is 19.3 Å². The monoisotopic (exact) mass is 383 g/mol. The van der Waals surface area contributed by atoms with Crippen LogP contribution in [0.15, 0.2) is 29.2 Å². The van der Waals surface area contributed by atoms with Gasteiger partial charge in [0.15, 0.2) is 0 Å². The van der Waals surface area contributed by atoms with Crippen LogP contribution in [-0.2, 0) is 19.5 Å². The molecule has 10 heteroatoms. The van der Waals surface area contributed by atoms with Crippen LogP contribution in [-0.4, -0.2) is 47.2 Å². The third-order valence-corrected chi connectivity index (χ3v) is 4.93. The molecule has 2 rings (SSSR count). The molecule has 1 heterocycles. The number of ether oxygens (including phenoxy) is 3. The van der Waals surface area contributed by atoms with Crippen molar-refractivity contribution in [1.82, 2.24) is 4.72 Å². The highest BCUT2D eigenvalue weighted by Gasteiger charge is 2.31. The molecule has 6 nitrogen and oxygen atoms in total. The predicted octanol–water partition coefficient (Wildman–Crippen LogP) is 2.45. The average Bonchev–Trinajstić information content (AvgIpc) is 3.03. The number of nitrogens with one attached hydrogen (secondary N) is 1. The SMILES string of the molecule is O=S(=O)(NCCCOCC1CCCO1)c1ccc(OC(F)(F)F)cc1. The molecule has 1 N–H and O–H groups in total. The highest BCUT2D eigenvalue weighted by molar-refractivity contribution is 7.89. The second kappa shape index (κ2) is 8.84. The fraction of sp³-hybridized carbons (Fsp3) is 0.600. The van der Waals surface area contributed by atoms with Gasteiger partial charge < -0.3 is 14.2 Å². The van der Waals surface area contributed by atoms with Crippen molar-refractivity contribution in [3.8, 4) is 5.75 Å². The van der Waals surface area contributed by atoms with E-state index >= 15 is 0 Å². The number of rotatable bonds is 9. The fourth-order valence-corrected chi connectivity index (χ4v) is 3.35. The zero-order chi connectivity index (χ0) is 18.3. The molecule has 0 radical (unpaired) electrons. The summed E-state index contributed by atoms with van der Waals surface area (Å²) in [6, 6.07) is 4.01. The molecule has 1 aliphatic heterocycles. The van der Waals surface area contributed by atoms with Crippen molar-refractivity contribution in [2.75, 3.05) is 26.4 Å². The Morgan fingerprint density at radius 3 is 2.56 bits per heavy atom. The van der Waals surface area contributed by atoms with Crippen LogP contribution in [0.2, 0.25) is 0 Å². The molecule has 25 heavy (non-hydrogen) atoms. The molecule has 0 amide bonds. The van der Waals surface area contributed by atoms with Crippen LogP contribution in [0.4, 0.5) is 13.2 Å². The minimum absolute atomic E-state index is 0.120. The molecule has 0 aliphatic carbocycles. The summed E-state index contributed by atoms with van der Waals surface area (Å²) in [5.41, 5.74) is 0. The summed E-state index contributed by atoms with van der Waals surface area (Å²) in [4.78, 5) is -0.137. The standard InChI is InChI=1S/C15H20F3NO5S/c16-15(17,18)24-12-4-6-14(7-5-12)25(20,21)19-8-2-9-22-11-13-3-1-10-23-13/h4-7,13,19H,1-3,8-11H2. The summed E-state index contributed by atoms with van der Waals surface area (Å²) in [6.07, 6.45) is -2.22. The van der Waals surface area contributed by atoms with E-state index in [1.54, 1.807) is 0 Å². The van der Waals surface area contributed by atoms with Gasteiger partial charge in [0.05, 0.1) is 17.6 Å². The molecule has 1 saturated heterocycles. The van der Waals surface area contributed by atoms with E-state index < -0.39 is 22.1 Å². The van der Waals surface area contributed by atoms with Crippen molar-refractivity contribution in [3.05, 3.63) is 24.3 Å². The summed E-state index contributed by atoms with van der Waals surface area (Å²) in [7, 11) is -3.79. The Hall–Kier alpha value is -1.36. The summed E-state index contributed by atoms with van der Waals surface area (Å²) in [5.74, 6) is -0.478. The molecule has 142 valence electrons. The summed E-state index contributed by atoms with van der Waals surface area (Å²) >= 11 is 0. The van der Waals surface area contributed by atoms with Crippen molar-refractivity contribution in [2.45, 2.75) is 36.6 Å². The molecule has 0 aromatic heterocycles. The van der Waals surface area contributed by atoms with Gasteiger partial charge in [0, 0.05) is 19.8 Å². The van der Waals surface area contributed by atoms with E-state index in [1.165, 1.54) is 0 Å². The van der Waals surface area contributed by atoms with E-state index in [0.717, 1.165) is 43.7 Å². The van der Waals surface area contributed by atoms with Crippen molar-refractivity contribution >= 4 is 10.0 Å². The van der Waals surface area contributed by atoms with Gasteiger partial charge in [-0.05, 0) is 43.5 Å². The maximum atomic E-state index is 12.1. The first-order valence-electron chi connectivity index (χ1n) is 7.81. The summed E-state index contributed by atoms with van der Waals surface area (Å²) in [5, 5.41) is 0. The predicted molar refractivity (Wildman–Crippen MR) is 82.7 cm³/mol. The zero-order valence-corrected chi connectivity index (χ0v) is 14.2. The Kier molecular flexibility index (Phi) is 7.05. The van der Waals surface area contributed by atoms with Crippen LogP contribution < -0.4 is 9.46 Å². The normalized spacial score (nSPS) is 18.4.